The molecule has 4 rings (SSSR count). The molecular weight excluding hydrogens is 348 g/mol. The van der Waals surface area contributed by atoms with E-state index in [0.717, 1.165) is 22.3 Å². The molecule has 2 unspecified atom stereocenters. The Morgan fingerprint density at radius 2 is 1.39 bits per heavy atom. The number of aliphatic hydroxyl groups is 1. The molecule has 142 valence electrons. The predicted molar refractivity (Wildman–Crippen MR) is 110 cm³/mol. The van der Waals surface area contributed by atoms with Gasteiger partial charge in [0.1, 0.15) is 0 Å². The first kappa shape index (κ1) is 18.4. The van der Waals surface area contributed by atoms with Crippen molar-refractivity contribution < 1.29 is 9.90 Å². The van der Waals surface area contributed by atoms with Crippen LogP contribution in [0.15, 0.2) is 84.9 Å². The van der Waals surface area contributed by atoms with Crippen molar-refractivity contribution in [1.82, 2.24) is 10.6 Å². The van der Waals surface area contributed by atoms with Gasteiger partial charge in [0, 0.05) is 6.54 Å². The minimum atomic E-state index is -0.769. The highest BCUT2D eigenvalue weighted by Crippen LogP contribution is 2.30. The highest BCUT2D eigenvalue weighted by molar-refractivity contribution is 5.83. The molecule has 28 heavy (non-hydrogen) atoms. The van der Waals surface area contributed by atoms with Gasteiger partial charge in [-0.2, -0.15) is 0 Å². The van der Waals surface area contributed by atoms with Crippen LogP contribution in [0.3, 0.4) is 0 Å². The maximum Gasteiger partial charge on any atom is 0.237 e. The molecule has 1 aliphatic heterocycles. The molecule has 1 aliphatic rings. The van der Waals surface area contributed by atoms with Gasteiger partial charge in [-0.1, -0.05) is 84.9 Å². The second-order valence-corrected chi connectivity index (χ2v) is 7.15. The number of nitrogens with one attached hydrogen (secondary N) is 2. The largest absolute Gasteiger partial charge is 0.386 e. The van der Waals surface area contributed by atoms with Gasteiger partial charge in [-0.15, -0.1) is 0 Å². The lowest BCUT2D eigenvalue weighted by molar-refractivity contribution is -0.123. The van der Waals surface area contributed by atoms with Crippen LogP contribution >= 0.6 is 0 Å². The lowest BCUT2D eigenvalue weighted by atomic mass is 9.93. The summed E-state index contributed by atoms with van der Waals surface area (Å²) in [5.74, 6) is -0.0441. The molecule has 0 aliphatic carbocycles. The van der Waals surface area contributed by atoms with Crippen LogP contribution in [-0.2, 0) is 17.8 Å². The van der Waals surface area contributed by atoms with Crippen molar-refractivity contribution in [2.24, 2.45) is 0 Å². The summed E-state index contributed by atoms with van der Waals surface area (Å²) < 4.78 is 0. The Kier molecular flexibility index (Phi) is 5.51. The average Bonchev–Trinajstić information content (AvgIpc) is 2.91. The summed E-state index contributed by atoms with van der Waals surface area (Å²) >= 11 is 0. The predicted octanol–water partition coefficient (Wildman–Crippen LogP) is 3.29. The normalized spacial score (nSPS) is 18.5. The maximum atomic E-state index is 12.8. The molecule has 0 aromatic heterocycles. The first-order valence-corrected chi connectivity index (χ1v) is 9.61. The van der Waals surface area contributed by atoms with Gasteiger partial charge in [0.25, 0.3) is 0 Å². The summed E-state index contributed by atoms with van der Waals surface area (Å²) in [5, 5.41) is 17.6. The SMILES string of the molecule is O=C1NCc2ccccc2C[C@@H]1NC(c1ccccc1)C(O)c1ccccc1. The number of amides is 1. The Morgan fingerprint density at radius 3 is 2.07 bits per heavy atom. The van der Waals surface area contributed by atoms with E-state index in [-0.39, 0.29) is 5.91 Å². The van der Waals surface area contributed by atoms with Crippen molar-refractivity contribution in [2.75, 3.05) is 0 Å². The third-order valence-electron chi connectivity index (χ3n) is 5.31. The fraction of sp³-hybridized carbons (Fsp3) is 0.208. The van der Waals surface area contributed by atoms with Gasteiger partial charge in [-0.05, 0) is 28.7 Å². The van der Waals surface area contributed by atoms with Crippen LogP contribution in [0.4, 0.5) is 0 Å². The van der Waals surface area contributed by atoms with E-state index in [1.807, 2.05) is 78.9 Å². The van der Waals surface area contributed by atoms with Gasteiger partial charge >= 0.3 is 0 Å². The Morgan fingerprint density at radius 1 is 0.821 bits per heavy atom. The Bertz CT molecular complexity index is 928. The van der Waals surface area contributed by atoms with E-state index in [1.54, 1.807) is 0 Å². The lowest BCUT2D eigenvalue weighted by Gasteiger charge is -2.29. The van der Waals surface area contributed by atoms with Crippen LogP contribution in [0.2, 0.25) is 0 Å². The summed E-state index contributed by atoms with van der Waals surface area (Å²) in [6.45, 7) is 0.532. The molecule has 0 spiro atoms. The van der Waals surface area contributed by atoms with Gasteiger partial charge in [0.05, 0.1) is 18.2 Å². The molecule has 1 heterocycles. The first-order valence-electron chi connectivity index (χ1n) is 9.61. The Balaban J connectivity index is 1.64. The van der Waals surface area contributed by atoms with Crippen molar-refractivity contribution >= 4 is 5.91 Å². The summed E-state index contributed by atoms with van der Waals surface area (Å²) in [4.78, 5) is 12.8. The molecule has 0 bridgehead atoms. The van der Waals surface area contributed by atoms with Crippen molar-refractivity contribution in [3.05, 3.63) is 107 Å². The van der Waals surface area contributed by atoms with Crippen LogP contribution in [0.5, 0.6) is 0 Å². The number of hydrogen-bond donors (Lipinski definition) is 3. The number of benzene rings is 3. The van der Waals surface area contributed by atoms with Crippen LogP contribution < -0.4 is 10.6 Å². The van der Waals surface area contributed by atoms with Gasteiger partial charge in [0.15, 0.2) is 0 Å². The van der Waals surface area contributed by atoms with Crippen molar-refractivity contribution in [3.8, 4) is 0 Å². The fourth-order valence-corrected chi connectivity index (χ4v) is 3.77. The van der Waals surface area contributed by atoms with Crippen LogP contribution in [0, 0.1) is 0 Å². The van der Waals surface area contributed by atoms with Crippen LogP contribution in [0.1, 0.15) is 34.4 Å². The highest BCUT2D eigenvalue weighted by Gasteiger charge is 2.30. The van der Waals surface area contributed by atoms with Crippen molar-refractivity contribution in [2.45, 2.75) is 31.2 Å². The van der Waals surface area contributed by atoms with E-state index >= 15 is 0 Å². The smallest absolute Gasteiger partial charge is 0.237 e. The number of fused-ring (bicyclic) bond motifs is 1. The molecule has 1 amide bonds. The summed E-state index contributed by atoms with van der Waals surface area (Å²) in [7, 11) is 0. The average molecular weight is 372 g/mol. The van der Waals surface area contributed by atoms with Crippen LogP contribution in [-0.4, -0.2) is 17.1 Å². The van der Waals surface area contributed by atoms with E-state index < -0.39 is 18.2 Å². The van der Waals surface area contributed by atoms with E-state index in [4.69, 9.17) is 0 Å². The zero-order valence-electron chi connectivity index (χ0n) is 15.6. The number of rotatable bonds is 5. The molecule has 0 saturated heterocycles. The molecular formula is C24H24N2O2. The number of carbonyl (C=O) groups excluding carboxylic acids is 1. The quantitative estimate of drug-likeness (QED) is 0.644. The summed E-state index contributed by atoms with van der Waals surface area (Å²) in [6.07, 6.45) is -0.178. The van der Waals surface area contributed by atoms with Crippen LogP contribution in [0.25, 0.3) is 0 Å². The lowest BCUT2D eigenvalue weighted by Crippen LogP contribution is -2.46. The molecule has 4 nitrogen and oxygen atoms in total. The molecule has 3 aromatic carbocycles. The van der Waals surface area contributed by atoms with Gasteiger partial charge < -0.3 is 10.4 Å². The minimum absolute atomic E-state index is 0.0441. The number of hydrogen-bond acceptors (Lipinski definition) is 3. The summed E-state index contributed by atoms with van der Waals surface area (Å²) in [6, 6.07) is 26.6. The molecule has 0 saturated carbocycles. The van der Waals surface area contributed by atoms with Gasteiger partial charge in [-0.25, -0.2) is 0 Å². The standard InChI is InChI=1S/C24H24N2O2/c27-23(18-11-5-2-6-12-18)22(17-9-3-1-4-10-17)26-21-15-19-13-7-8-14-20(19)16-25-24(21)28/h1-14,21-23,26-27H,15-16H2,(H,25,28)/t21-,22?,23?/m0/s1. The zero-order chi connectivity index (χ0) is 19.3. The summed E-state index contributed by atoms with van der Waals surface area (Å²) in [5.41, 5.74) is 4.06. The monoisotopic (exact) mass is 372 g/mol. The highest BCUT2D eigenvalue weighted by atomic mass is 16.3. The van der Waals surface area contributed by atoms with Crippen molar-refractivity contribution in [3.63, 3.8) is 0 Å². The Hall–Kier alpha value is -2.95. The van der Waals surface area contributed by atoms with E-state index in [9.17, 15) is 9.90 Å². The van der Waals surface area contributed by atoms with Gasteiger partial charge in [-0.3, -0.25) is 10.1 Å². The molecule has 3 aromatic rings. The van der Waals surface area contributed by atoms with E-state index in [2.05, 4.69) is 16.7 Å². The van der Waals surface area contributed by atoms with E-state index in [0.29, 0.717) is 13.0 Å². The molecule has 3 atom stereocenters. The fourth-order valence-electron chi connectivity index (χ4n) is 3.77. The first-order chi connectivity index (χ1) is 13.7. The van der Waals surface area contributed by atoms with E-state index in [1.165, 1.54) is 0 Å². The minimum Gasteiger partial charge on any atom is -0.386 e. The molecule has 0 fully saturated rings. The molecule has 0 radical (unpaired) electrons. The maximum absolute atomic E-state index is 12.8. The third-order valence-corrected chi connectivity index (χ3v) is 5.31. The van der Waals surface area contributed by atoms with Crippen molar-refractivity contribution in [1.29, 1.82) is 0 Å². The third kappa shape index (κ3) is 3.98. The Labute approximate surface area is 165 Å². The topological polar surface area (TPSA) is 61.4 Å². The second kappa shape index (κ2) is 8.38. The molecule has 4 heteroatoms. The van der Waals surface area contributed by atoms with Gasteiger partial charge in [0.2, 0.25) is 5.91 Å². The number of aliphatic hydroxyl groups excluding tert-OH is 1. The second-order valence-electron chi connectivity index (χ2n) is 7.15. The number of carbonyl (C=O) groups is 1. The molecule has 3 N–H and O–H groups in total. The zero-order valence-corrected chi connectivity index (χ0v) is 15.6.